The maximum Gasteiger partial charge on any atom is 0.160 e. The van der Waals surface area contributed by atoms with Crippen molar-refractivity contribution in [3.63, 3.8) is 0 Å². The lowest BCUT2D eigenvalue weighted by atomic mass is 9.87. The van der Waals surface area contributed by atoms with E-state index < -0.39 is 0 Å². The van der Waals surface area contributed by atoms with Crippen LogP contribution < -0.4 is 0 Å². The van der Waals surface area contributed by atoms with E-state index in [1.165, 1.54) is 80.9 Å². The van der Waals surface area contributed by atoms with Crippen LogP contribution in [0.25, 0.3) is 126 Å². The summed E-state index contributed by atoms with van der Waals surface area (Å²) in [5, 5.41) is 17.6. The van der Waals surface area contributed by atoms with Crippen LogP contribution >= 0.6 is 0 Å². The molecule has 11 aromatic carbocycles. The van der Waals surface area contributed by atoms with Gasteiger partial charge in [0.1, 0.15) is 0 Å². The predicted octanol–water partition coefficient (Wildman–Crippen LogP) is 14.9. The Bertz CT molecular complexity index is 3820. The number of nitrogens with zero attached hydrogens (tertiary/aromatic N) is 3. The van der Waals surface area contributed by atoms with Gasteiger partial charge < -0.3 is 4.57 Å². The Balaban J connectivity index is 1.12. The molecular formula is C56H33N3. The molecule has 0 N–H and O–H groups in total. The van der Waals surface area contributed by atoms with Crippen molar-refractivity contribution in [1.29, 1.82) is 0 Å². The van der Waals surface area contributed by atoms with Crippen molar-refractivity contribution >= 4 is 86.4 Å². The van der Waals surface area contributed by atoms with Crippen LogP contribution in [0.1, 0.15) is 0 Å². The molecule has 2 aromatic heterocycles. The van der Waals surface area contributed by atoms with E-state index in [-0.39, 0.29) is 0 Å². The standard InChI is InChI=1S/C56H33N3/c1-3-12-37(13-4-1)56-57-48(38-28-29-43-42-19-7-8-23-50(42)59(51(43)32-38)41-17-5-2-6-18-41)33-49(58-56)40-30-39-27-26-36-15-10-21-45-44-20-9-14-34-24-25-35-16-11-22-46(54(35)52(34)44)47(31-40)55(39)53(36)45/h1-33H. The highest BCUT2D eigenvalue weighted by molar-refractivity contribution is 6.37. The second-order valence-electron chi connectivity index (χ2n) is 15.7. The summed E-state index contributed by atoms with van der Waals surface area (Å²) in [6, 6.07) is 72.7. The van der Waals surface area contributed by atoms with E-state index in [1.807, 2.05) is 6.07 Å². The van der Waals surface area contributed by atoms with Crippen LogP contribution in [0.2, 0.25) is 0 Å². The third kappa shape index (κ3) is 4.76. The first kappa shape index (κ1) is 32.2. The normalized spacial score (nSPS) is 12.1. The SMILES string of the molecule is c1ccc(-c2nc(-c3cc4ccc5cccc6c7cccc8ccc9cccc(c(c3)c4c56)c9c87)cc(-c3ccc4c5ccccc5n(-c5ccccc5)c4c3)n2)cc1. The Morgan fingerprint density at radius 3 is 1.49 bits per heavy atom. The van der Waals surface area contributed by atoms with Gasteiger partial charge in [-0.25, -0.2) is 9.97 Å². The fraction of sp³-hybridized carbons (Fsp3) is 0. The number of fused-ring (bicyclic) bond motifs is 5. The fourth-order valence-corrected chi connectivity index (χ4v) is 9.88. The summed E-state index contributed by atoms with van der Waals surface area (Å²) >= 11 is 0. The zero-order valence-corrected chi connectivity index (χ0v) is 31.9. The number of aromatic nitrogens is 3. The summed E-state index contributed by atoms with van der Waals surface area (Å²) in [7, 11) is 0. The summed E-state index contributed by atoms with van der Waals surface area (Å²) in [5.74, 6) is 0.700. The quantitative estimate of drug-likeness (QED) is 0.168. The van der Waals surface area contributed by atoms with Gasteiger partial charge in [0.15, 0.2) is 5.82 Å². The van der Waals surface area contributed by atoms with E-state index >= 15 is 0 Å². The van der Waals surface area contributed by atoms with Crippen molar-refractivity contribution in [1.82, 2.24) is 14.5 Å². The molecule has 0 fully saturated rings. The maximum absolute atomic E-state index is 5.37. The number of benzene rings is 10. The summed E-state index contributed by atoms with van der Waals surface area (Å²) < 4.78 is 2.37. The molecule has 0 aliphatic heterocycles. The summed E-state index contributed by atoms with van der Waals surface area (Å²) in [5.41, 5.74) is 8.30. The first-order valence-electron chi connectivity index (χ1n) is 20.2. The van der Waals surface area contributed by atoms with Gasteiger partial charge in [0.2, 0.25) is 0 Å². The summed E-state index contributed by atoms with van der Waals surface area (Å²) in [6.45, 7) is 0. The summed E-state index contributed by atoms with van der Waals surface area (Å²) in [6.07, 6.45) is 0. The van der Waals surface area contributed by atoms with Gasteiger partial charge in [-0.15, -0.1) is 0 Å². The molecule has 13 aromatic rings. The minimum absolute atomic E-state index is 0.700. The molecule has 0 aliphatic rings. The van der Waals surface area contributed by atoms with E-state index in [1.54, 1.807) is 0 Å². The second kappa shape index (κ2) is 12.3. The van der Waals surface area contributed by atoms with Crippen molar-refractivity contribution in [2.45, 2.75) is 0 Å². The van der Waals surface area contributed by atoms with Crippen molar-refractivity contribution in [2.75, 3.05) is 0 Å². The van der Waals surface area contributed by atoms with E-state index in [0.29, 0.717) is 5.82 Å². The van der Waals surface area contributed by atoms with E-state index in [4.69, 9.17) is 9.97 Å². The van der Waals surface area contributed by atoms with Crippen LogP contribution in [0.15, 0.2) is 200 Å². The number of para-hydroxylation sites is 2. The smallest absolute Gasteiger partial charge is 0.160 e. The van der Waals surface area contributed by atoms with Gasteiger partial charge in [-0.05, 0) is 107 Å². The molecule has 3 heteroatoms. The largest absolute Gasteiger partial charge is 0.309 e. The molecule has 0 saturated carbocycles. The van der Waals surface area contributed by atoms with Crippen molar-refractivity contribution in [3.8, 4) is 39.6 Å². The lowest BCUT2D eigenvalue weighted by Gasteiger charge is -2.17. The number of hydrogen-bond donors (Lipinski definition) is 0. The first-order valence-corrected chi connectivity index (χ1v) is 20.2. The molecule has 0 bridgehead atoms. The van der Waals surface area contributed by atoms with Crippen LogP contribution in [-0.2, 0) is 0 Å². The van der Waals surface area contributed by atoms with Gasteiger partial charge in [0, 0.05) is 33.2 Å². The molecule has 0 aliphatic carbocycles. The lowest BCUT2D eigenvalue weighted by Crippen LogP contribution is -1.97. The Labute approximate surface area is 339 Å². The summed E-state index contributed by atoms with van der Waals surface area (Å²) in [4.78, 5) is 10.7. The van der Waals surface area contributed by atoms with Gasteiger partial charge in [-0.3, -0.25) is 0 Å². The van der Waals surface area contributed by atoms with Crippen LogP contribution in [0.3, 0.4) is 0 Å². The molecule has 272 valence electrons. The van der Waals surface area contributed by atoms with E-state index in [9.17, 15) is 0 Å². The highest BCUT2D eigenvalue weighted by Crippen LogP contribution is 2.45. The van der Waals surface area contributed by atoms with Gasteiger partial charge in [-0.1, -0.05) is 158 Å². The second-order valence-corrected chi connectivity index (χ2v) is 15.7. The molecule has 0 unspecified atom stereocenters. The van der Waals surface area contributed by atoms with Gasteiger partial charge in [-0.2, -0.15) is 0 Å². The Kier molecular flexibility index (Phi) is 6.72. The molecular weight excluding hydrogens is 715 g/mol. The maximum atomic E-state index is 5.37. The molecule has 0 saturated heterocycles. The Hall–Kier alpha value is -7.88. The minimum atomic E-state index is 0.700. The average molecular weight is 748 g/mol. The molecule has 0 amide bonds. The van der Waals surface area contributed by atoms with E-state index in [2.05, 4.69) is 199 Å². The highest BCUT2D eigenvalue weighted by atomic mass is 15.0. The Morgan fingerprint density at radius 2 is 0.814 bits per heavy atom. The number of rotatable bonds is 4. The molecule has 3 nitrogen and oxygen atoms in total. The molecule has 13 rings (SSSR count). The van der Waals surface area contributed by atoms with Crippen LogP contribution in [0.4, 0.5) is 0 Å². The third-order valence-corrected chi connectivity index (χ3v) is 12.5. The fourth-order valence-electron chi connectivity index (χ4n) is 9.88. The van der Waals surface area contributed by atoms with Crippen LogP contribution in [0.5, 0.6) is 0 Å². The monoisotopic (exact) mass is 747 g/mol. The Morgan fingerprint density at radius 1 is 0.288 bits per heavy atom. The molecule has 0 spiro atoms. The third-order valence-electron chi connectivity index (χ3n) is 12.5. The first-order chi connectivity index (χ1) is 29.2. The lowest BCUT2D eigenvalue weighted by molar-refractivity contribution is 1.17. The van der Waals surface area contributed by atoms with Gasteiger partial charge in [0.05, 0.1) is 22.4 Å². The molecule has 59 heavy (non-hydrogen) atoms. The van der Waals surface area contributed by atoms with Crippen molar-refractivity contribution < 1.29 is 0 Å². The molecule has 2 heterocycles. The van der Waals surface area contributed by atoms with Gasteiger partial charge in [0.25, 0.3) is 0 Å². The zero-order chi connectivity index (χ0) is 38.6. The topological polar surface area (TPSA) is 30.7 Å². The van der Waals surface area contributed by atoms with E-state index in [0.717, 1.165) is 39.3 Å². The van der Waals surface area contributed by atoms with Crippen LogP contribution in [0, 0.1) is 0 Å². The number of hydrogen-bond acceptors (Lipinski definition) is 2. The van der Waals surface area contributed by atoms with Gasteiger partial charge >= 0.3 is 0 Å². The molecule has 0 atom stereocenters. The molecule has 0 radical (unpaired) electrons. The highest BCUT2D eigenvalue weighted by Gasteiger charge is 2.19. The van der Waals surface area contributed by atoms with Crippen molar-refractivity contribution in [3.05, 3.63) is 200 Å². The predicted molar refractivity (Wildman–Crippen MR) is 249 cm³/mol. The average Bonchev–Trinajstić information content (AvgIpc) is 3.64. The zero-order valence-electron chi connectivity index (χ0n) is 31.9. The minimum Gasteiger partial charge on any atom is -0.309 e. The van der Waals surface area contributed by atoms with Crippen molar-refractivity contribution in [2.24, 2.45) is 0 Å². The van der Waals surface area contributed by atoms with Crippen LogP contribution in [-0.4, -0.2) is 14.5 Å².